The van der Waals surface area contributed by atoms with E-state index in [1.165, 1.54) is 18.2 Å². The summed E-state index contributed by atoms with van der Waals surface area (Å²) in [6, 6.07) is 5.28. The molecule has 1 unspecified atom stereocenters. The molecule has 0 amide bonds. The van der Waals surface area contributed by atoms with Crippen LogP contribution in [0.2, 0.25) is 0 Å². The fraction of sp³-hybridized carbons (Fsp3) is 0.182. The summed E-state index contributed by atoms with van der Waals surface area (Å²) >= 11 is 0. The second-order valence-corrected chi connectivity index (χ2v) is 3.60. The highest BCUT2D eigenvalue weighted by molar-refractivity contribution is 5.95. The number of alkyl halides is 4. The molecule has 3 nitrogen and oxygen atoms in total. The second kappa shape index (κ2) is 3.72. The summed E-state index contributed by atoms with van der Waals surface area (Å²) in [5.41, 5.74) is -1.42. The van der Waals surface area contributed by atoms with Gasteiger partial charge in [0.15, 0.2) is 0 Å². The summed E-state index contributed by atoms with van der Waals surface area (Å²) in [5.74, 6) is -6.72. The molecule has 0 aliphatic carbocycles. The van der Waals surface area contributed by atoms with Gasteiger partial charge in [0.25, 0.3) is 0 Å². The highest BCUT2D eigenvalue weighted by Gasteiger charge is 2.64. The minimum absolute atomic E-state index is 0.0763. The van der Waals surface area contributed by atoms with Gasteiger partial charge in [0.1, 0.15) is 11.3 Å². The van der Waals surface area contributed by atoms with Gasteiger partial charge in [-0.15, -0.1) is 0 Å². The number of hydrogen-bond donors (Lipinski definition) is 1. The zero-order valence-electron chi connectivity index (χ0n) is 8.66. The molecule has 0 spiro atoms. The number of fused-ring (bicyclic) bond motifs is 1. The van der Waals surface area contributed by atoms with E-state index < -0.39 is 23.6 Å². The third-order valence-electron chi connectivity index (χ3n) is 2.41. The molecule has 18 heavy (non-hydrogen) atoms. The fourth-order valence-corrected chi connectivity index (χ4v) is 1.56. The number of halogens is 4. The molecule has 0 bridgehead atoms. The van der Waals surface area contributed by atoms with Crippen LogP contribution >= 0.6 is 0 Å². The van der Waals surface area contributed by atoms with Gasteiger partial charge in [-0.3, -0.25) is 0 Å². The molecule has 2 rings (SSSR count). The van der Waals surface area contributed by atoms with Crippen LogP contribution in [-0.4, -0.2) is 23.1 Å². The van der Waals surface area contributed by atoms with Gasteiger partial charge in [-0.1, -0.05) is 18.2 Å². The van der Waals surface area contributed by atoms with E-state index in [0.717, 1.165) is 6.07 Å². The number of benzene rings is 1. The van der Waals surface area contributed by atoms with Crippen molar-refractivity contribution in [2.75, 3.05) is 0 Å². The molecule has 0 saturated carbocycles. The number of carbonyl (C=O) groups is 1. The SMILES string of the molecule is O=C(O)C1=Cc2ccccc2OC1(F)C(F)(F)F. The van der Waals surface area contributed by atoms with E-state index in [2.05, 4.69) is 4.74 Å². The van der Waals surface area contributed by atoms with Crippen molar-refractivity contribution in [2.45, 2.75) is 12.0 Å². The molecule has 0 aromatic heterocycles. The third-order valence-corrected chi connectivity index (χ3v) is 2.41. The van der Waals surface area contributed by atoms with Crippen LogP contribution in [0.15, 0.2) is 29.8 Å². The van der Waals surface area contributed by atoms with Crippen molar-refractivity contribution in [3.8, 4) is 5.75 Å². The number of carboxylic acids is 1. The maximum atomic E-state index is 13.9. The Morgan fingerprint density at radius 1 is 1.28 bits per heavy atom. The first-order valence-electron chi connectivity index (χ1n) is 4.75. The molecule has 1 aliphatic heterocycles. The van der Waals surface area contributed by atoms with Crippen LogP contribution in [0.5, 0.6) is 5.75 Å². The molecule has 1 N–H and O–H groups in total. The average molecular weight is 262 g/mol. The summed E-state index contributed by atoms with van der Waals surface area (Å²) in [5, 5.41) is 8.67. The lowest BCUT2D eigenvalue weighted by molar-refractivity contribution is -0.284. The second-order valence-electron chi connectivity index (χ2n) is 3.60. The lowest BCUT2D eigenvalue weighted by atomic mass is 9.99. The maximum Gasteiger partial charge on any atom is 0.465 e. The largest absolute Gasteiger partial charge is 0.478 e. The summed E-state index contributed by atoms with van der Waals surface area (Å²) in [6.45, 7) is 0. The smallest absolute Gasteiger partial charge is 0.465 e. The minimum Gasteiger partial charge on any atom is -0.478 e. The van der Waals surface area contributed by atoms with E-state index in [1.54, 1.807) is 0 Å². The standard InChI is InChI=1S/C11H6F4O3/c12-10(11(13,14)15)7(9(16)17)5-6-3-1-2-4-8(6)18-10/h1-5H,(H,16,17). The van der Waals surface area contributed by atoms with Gasteiger partial charge in [-0.2, -0.15) is 17.6 Å². The molecule has 7 heteroatoms. The normalized spacial score (nSPS) is 22.8. The number of para-hydroxylation sites is 1. The Morgan fingerprint density at radius 2 is 1.89 bits per heavy atom. The van der Waals surface area contributed by atoms with E-state index in [-0.39, 0.29) is 11.3 Å². The monoisotopic (exact) mass is 262 g/mol. The van der Waals surface area contributed by atoms with Gasteiger partial charge < -0.3 is 9.84 Å². The molecular weight excluding hydrogens is 256 g/mol. The topological polar surface area (TPSA) is 46.5 Å². The Bertz CT molecular complexity index is 535. The molecule has 0 radical (unpaired) electrons. The minimum atomic E-state index is -5.48. The van der Waals surface area contributed by atoms with Crippen molar-refractivity contribution in [1.82, 2.24) is 0 Å². The predicted octanol–water partition coefficient (Wildman–Crippen LogP) is 2.78. The zero-order valence-corrected chi connectivity index (χ0v) is 8.66. The van der Waals surface area contributed by atoms with E-state index in [9.17, 15) is 22.4 Å². The van der Waals surface area contributed by atoms with Crippen LogP contribution in [-0.2, 0) is 4.79 Å². The Morgan fingerprint density at radius 3 is 2.44 bits per heavy atom. The summed E-state index contributed by atoms with van der Waals surface area (Å²) in [7, 11) is 0. The van der Waals surface area contributed by atoms with Crippen LogP contribution in [0, 0.1) is 0 Å². The van der Waals surface area contributed by atoms with E-state index in [4.69, 9.17) is 5.11 Å². The third kappa shape index (κ3) is 1.71. The van der Waals surface area contributed by atoms with E-state index >= 15 is 0 Å². The van der Waals surface area contributed by atoms with Crippen LogP contribution in [0.1, 0.15) is 5.56 Å². The van der Waals surface area contributed by atoms with Crippen molar-refractivity contribution in [3.05, 3.63) is 35.4 Å². The molecule has 1 aromatic rings. The number of hydrogen-bond acceptors (Lipinski definition) is 2. The highest BCUT2D eigenvalue weighted by Crippen LogP contribution is 2.46. The molecule has 1 heterocycles. The predicted molar refractivity (Wildman–Crippen MR) is 52.6 cm³/mol. The van der Waals surface area contributed by atoms with Crippen molar-refractivity contribution < 1.29 is 32.2 Å². The van der Waals surface area contributed by atoms with Crippen LogP contribution in [0.4, 0.5) is 17.6 Å². The number of aliphatic carboxylic acids is 1. The van der Waals surface area contributed by atoms with Gasteiger partial charge in [0, 0.05) is 5.56 Å². The van der Waals surface area contributed by atoms with Gasteiger partial charge in [0.2, 0.25) is 0 Å². The first kappa shape index (κ1) is 12.4. The lowest BCUT2D eigenvalue weighted by Crippen LogP contribution is -2.51. The molecule has 96 valence electrons. The fourth-order valence-electron chi connectivity index (χ4n) is 1.56. The summed E-state index contributed by atoms with van der Waals surface area (Å²) in [4.78, 5) is 10.7. The summed E-state index contributed by atoms with van der Waals surface area (Å²) < 4.78 is 56.0. The average Bonchev–Trinajstić information content (AvgIpc) is 2.26. The Balaban J connectivity index is 2.63. The van der Waals surface area contributed by atoms with Crippen molar-refractivity contribution in [1.29, 1.82) is 0 Å². The first-order valence-corrected chi connectivity index (χ1v) is 4.75. The summed E-state index contributed by atoms with van der Waals surface area (Å²) in [6.07, 6.45) is -4.86. The Kier molecular flexibility index (Phi) is 2.57. The number of rotatable bonds is 1. The van der Waals surface area contributed by atoms with Crippen LogP contribution < -0.4 is 4.74 Å². The molecule has 0 saturated heterocycles. The van der Waals surface area contributed by atoms with Gasteiger partial charge in [-0.05, 0) is 12.1 Å². The molecule has 1 atom stereocenters. The van der Waals surface area contributed by atoms with Crippen molar-refractivity contribution >= 4 is 12.0 Å². The molecule has 0 fully saturated rings. The molecule has 1 aromatic carbocycles. The molecular formula is C11H6F4O3. The highest BCUT2D eigenvalue weighted by atomic mass is 19.4. The van der Waals surface area contributed by atoms with Crippen molar-refractivity contribution in [3.63, 3.8) is 0 Å². The van der Waals surface area contributed by atoms with E-state index in [0.29, 0.717) is 6.08 Å². The Hall–Kier alpha value is -2.05. The zero-order chi connectivity index (χ0) is 13.6. The molecule has 1 aliphatic rings. The van der Waals surface area contributed by atoms with Crippen molar-refractivity contribution in [2.24, 2.45) is 0 Å². The maximum absolute atomic E-state index is 13.9. The number of carboxylic acid groups (broad SMARTS) is 1. The van der Waals surface area contributed by atoms with Gasteiger partial charge in [0.05, 0.1) is 0 Å². The van der Waals surface area contributed by atoms with Crippen LogP contribution in [0.3, 0.4) is 0 Å². The quantitative estimate of drug-likeness (QED) is 0.791. The first-order chi connectivity index (χ1) is 8.25. The number of ether oxygens (including phenoxy) is 1. The Labute approximate surface area is 98.3 Å². The van der Waals surface area contributed by atoms with E-state index in [1.807, 2.05) is 0 Å². The lowest BCUT2D eigenvalue weighted by Gasteiger charge is -2.32. The van der Waals surface area contributed by atoms with Gasteiger partial charge >= 0.3 is 18.0 Å². The van der Waals surface area contributed by atoms with Gasteiger partial charge in [-0.25, -0.2) is 4.79 Å². The van der Waals surface area contributed by atoms with Crippen LogP contribution in [0.25, 0.3) is 6.08 Å².